The summed E-state index contributed by atoms with van der Waals surface area (Å²) in [5, 5.41) is 6.99. The molecule has 0 saturated carbocycles. The van der Waals surface area contributed by atoms with Gasteiger partial charge in [0.2, 0.25) is 0 Å². The number of carbonyl (C=O) groups is 1. The Bertz CT molecular complexity index is 423. The molecule has 2 N–H and O–H groups in total. The molecule has 5 heteroatoms. The van der Waals surface area contributed by atoms with Gasteiger partial charge in [0.05, 0.1) is 5.69 Å². The summed E-state index contributed by atoms with van der Waals surface area (Å²) in [5.74, 6) is 0. The molecule has 0 radical (unpaired) electrons. The molecule has 1 aromatic rings. The molecule has 1 aromatic carbocycles. The number of anilines is 1. The fourth-order valence-electron chi connectivity index (χ4n) is 1.52. The molecule has 3 nitrogen and oxygen atoms in total. The Kier molecular flexibility index (Phi) is 6.10. The van der Waals surface area contributed by atoms with Crippen molar-refractivity contribution in [1.29, 1.82) is 0 Å². The van der Waals surface area contributed by atoms with Crippen molar-refractivity contribution in [3.63, 3.8) is 0 Å². The molecule has 1 unspecified atom stereocenters. The van der Waals surface area contributed by atoms with Crippen LogP contribution in [0.3, 0.4) is 0 Å². The van der Waals surface area contributed by atoms with Gasteiger partial charge in [0, 0.05) is 15.8 Å². The molecule has 0 bridgehead atoms. The van der Waals surface area contributed by atoms with E-state index in [9.17, 15) is 4.79 Å². The van der Waals surface area contributed by atoms with Gasteiger partial charge in [0.1, 0.15) is 0 Å². The summed E-state index contributed by atoms with van der Waals surface area (Å²) in [6.45, 7) is 8.29. The second-order valence-electron chi connectivity index (χ2n) is 4.43. The van der Waals surface area contributed by atoms with Gasteiger partial charge in [0.15, 0.2) is 0 Å². The van der Waals surface area contributed by atoms with Gasteiger partial charge in [-0.25, -0.2) is 4.79 Å². The van der Waals surface area contributed by atoms with Gasteiger partial charge < -0.3 is 10.6 Å². The van der Waals surface area contributed by atoms with Crippen LogP contribution in [0.4, 0.5) is 10.5 Å². The molecule has 0 fully saturated rings. The van der Waals surface area contributed by atoms with E-state index in [4.69, 9.17) is 0 Å². The lowest BCUT2D eigenvalue weighted by molar-refractivity contribution is 0.250. The molecular formula is C13H20BrN2OP. The number of urea groups is 1. The first-order valence-corrected chi connectivity index (χ1v) is 8.79. The minimum atomic E-state index is -0.234. The fraction of sp³-hybridized carbons (Fsp3) is 0.462. The second kappa shape index (κ2) is 7.10. The van der Waals surface area contributed by atoms with E-state index in [1.165, 1.54) is 5.30 Å². The van der Waals surface area contributed by atoms with Crippen molar-refractivity contribution in [3.8, 4) is 0 Å². The summed E-state index contributed by atoms with van der Waals surface area (Å²) < 4.78 is 1.05. The largest absolute Gasteiger partial charge is 0.336 e. The zero-order valence-electron chi connectivity index (χ0n) is 11.2. The summed E-state index contributed by atoms with van der Waals surface area (Å²) >= 11 is 3.48. The molecule has 0 heterocycles. The molecule has 1 rings (SSSR count). The molecule has 0 saturated heterocycles. The highest BCUT2D eigenvalue weighted by molar-refractivity contribution is 9.10. The van der Waals surface area contributed by atoms with Crippen LogP contribution >= 0.6 is 23.9 Å². The maximum absolute atomic E-state index is 11.7. The smallest absolute Gasteiger partial charge is 0.319 e. The third-order valence-corrected chi connectivity index (χ3v) is 5.15. The van der Waals surface area contributed by atoms with Crippen LogP contribution in [0.2, 0.25) is 0 Å². The Morgan fingerprint density at radius 1 is 1.44 bits per heavy atom. The third kappa shape index (κ3) is 4.58. The fourth-order valence-corrected chi connectivity index (χ4v) is 3.30. The number of hydrogen-bond acceptors (Lipinski definition) is 1. The minimum Gasteiger partial charge on any atom is -0.336 e. The van der Waals surface area contributed by atoms with Gasteiger partial charge in [-0.1, -0.05) is 30.8 Å². The molecular weight excluding hydrogens is 311 g/mol. The van der Waals surface area contributed by atoms with Crippen LogP contribution in [0, 0.1) is 0 Å². The highest BCUT2D eigenvalue weighted by Crippen LogP contribution is 2.33. The highest BCUT2D eigenvalue weighted by Gasteiger charge is 2.12. The van der Waals surface area contributed by atoms with Crippen molar-refractivity contribution in [2.75, 3.05) is 18.1 Å². The average molecular weight is 331 g/mol. The maximum Gasteiger partial charge on any atom is 0.319 e. The second-order valence-corrected chi connectivity index (χ2v) is 7.85. The molecule has 0 aromatic heterocycles. The molecule has 2 amide bonds. The number of nitrogens with one attached hydrogen (secondary N) is 2. The molecule has 18 heavy (non-hydrogen) atoms. The van der Waals surface area contributed by atoms with Crippen LogP contribution in [0.25, 0.3) is 0 Å². The van der Waals surface area contributed by atoms with E-state index in [0.29, 0.717) is 0 Å². The van der Waals surface area contributed by atoms with Crippen molar-refractivity contribution >= 4 is 40.9 Å². The average Bonchev–Trinajstić information content (AvgIpc) is 2.29. The van der Waals surface area contributed by atoms with Crippen molar-refractivity contribution in [1.82, 2.24) is 5.32 Å². The van der Waals surface area contributed by atoms with Crippen molar-refractivity contribution in [2.24, 2.45) is 0 Å². The predicted molar refractivity (Wildman–Crippen MR) is 84.5 cm³/mol. The van der Waals surface area contributed by atoms with E-state index in [1.807, 2.05) is 26.0 Å². The van der Waals surface area contributed by atoms with Crippen LogP contribution in [0.1, 0.15) is 20.8 Å². The molecule has 0 aliphatic rings. The Labute approximate surface area is 119 Å². The quantitative estimate of drug-likeness (QED) is 0.811. The van der Waals surface area contributed by atoms with E-state index in [0.717, 1.165) is 16.3 Å². The lowest BCUT2D eigenvalue weighted by Crippen LogP contribution is -2.35. The van der Waals surface area contributed by atoms with E-state index in [-0.39, 0.29) is 20.0 Å². The first-order valence-electron chi connectivity index (χ1n) is 6.02. The van der Waals surface area contributed by atoms with Crippen LogP contribution in [-0.4, -0.2) is 24.9 Å². The molecule has 100 valence electrons. The van der Waals surface area contributed by atoms with Crippen LogP contribution in [0.15, 0.2) is 22.7 Å². The Hall–Kier alpha value is -0.600. The van der Waals surface area contributed by atoms with Crippen molar-refractivity contribution in [3.05, 3.63) is 22.7 Å². The number of amides is 2. The Morgan fingerprint density at radius 2 is 2.11 bits per heavy atom. The monoisotopic (exact) mass is 330 g/mol. The topological polar surface area (TPSA) is 41.1 Å². The van der Waals surface area contributed by atoms with Gasteiger partial charge in [-0.15, -0.1) is 0 Å². The van der Waals surface area contributed by atoms with E-state index in [2.05, 4.69) is 46.2 Å². The van der Waals surface area contributed by atoms with Crippen molar-refractivity contribution in [2.45, 2.75) is 26.8 Å². The van der Waals surface area contributed by atoms with E-state index in [1.54, 1.807) is 0 Å². The third-order valence-electron chi connectivity index (χ3n) is 2.51. The minimum absolute atomic E-state index is 0.137. The summed E-state index contributed by atoms with van der Waals surface area (Å²) in [6.07, 6.45) is 1.10. The first-order chi connectivity index (χ1) is 8.43. The number of halogens is 1. The molecule has 0 aliphatic heterocycles. The van der Waals surface area contributed by atoms with Gasteiger partial charge >= 0.3 is 6.03 Å². The summed E-state index contributed by atoms with van der Waals surface area (Å²) in [4.78, 5) is 11.7. The Balaban J connectivity index is 2.91. The zero-order valence-corrected chi connectivity index (χ0v) is 13.7. The maximum atomic E-state index is 11.7. The van der Waals surface area contributed by atoms with Crippen LogP contribution in [0.5, 0.6) is 0 Å². The standard InChI is InChI=1S/C13H20BrN2OP/c1-5-18(4)12-8-10(14)6-7-11(12)16-13(17)15-9(2)3/h6-9H,5H2,1-4H3,(H2,15,16,17). The van der Waals surface area contributed by atoms with Gasteiger partial charge in [-0.2, -0.15) is 0 Å². The lowest BCUT2D eigenvalue weighted by Gasteiger charge is -2.17. The van der Waals surface area contributed by atoms with Crippen molar-refractivity contribution < 1.29 is 4.79 Å². The van der Waals surface area contributed by atoms with Gasteiger partial charge in [-0.3, -0.25) is 0 Å². The van der Waals surface area contributed by atoms with Gasteiger partial charge in [0.25, 0.3) is 0 Å². The SMILES string of the molecule is CCP(C)c1cc(Br)ccc1NC(=O)NC(C)C. The summed E-state index contributed by atoms with van der Waals surface area (Å²) in [6, 6.07) is 5.99. The first kappa shape index (κ1) is 15.5. The van der Waals surface area contributed by atoms with Crippen LogP contribution < -0.4 is 15.9 Å². The van der Waals surface area contributed by atoms with Crippen LogP contribution in [-0.2, 0) is 0 Å². The zero-order chi connectivity index (χ0) is 13.7. The molecule has 0 spiro atoms. The molecule has 1 atom stereocenters. The molecule has 0 aliphatic carbocycles. The summed E-state index contributed by atoms with van der Waals surface area (Å²) in [5.41, 5.74) is 0.909. The predicted octanol–water partition coefficient (Wildman–Crippen LogP) is 3.74. The lowest BCUT2D eigenvalue weighted by atomic mass is 10.3. The number of rotatable bonds is 4. The number of benzene rings is 1. The Morgan fingerprint density at radius 3 is 2.67 bits per heavy atom. The normalized spacial score (nSPS) is 12.3. The number of hydrogen-bond donors (Lipinski definition) is 2. The highest BCUT2D eigenvalue weighted by atomic mass is 79.9. The number of carbonyl (C=O) groups excluding carboxylic acids is 1. The van der Waals surface area contributed by atoms with Gasteiger partial charge in [-0.05, 0) is 44.9 Å². The van der Waals surface area contributed by atoms with E-state index >= 15 is 0 Å². The summed E-state index contributed by atoms with van der Waals surface area (Å²) in [7, 11) is -0.234. The van der Waals surface area contributed by atoms with E-state index < -0.39 is 0 Å².